The zero-order chi connectivity index (χ0) is 16.8. The van der Waals surface area contributed by atoms with Crippen LogP contribution < -0.4 is 10.6 Å². The van der Waals surface area contributed by atoms with Crippen molar-refractivity contribution in [2.45, 2.75) is 37.8 Å². The fourth-order valence-electron chi connectivity index (χ4n) is 2.81. The van der Waals surface area contributed by atoms with Crippen molar-refractivity contribution in [1.29, 1.82) is 0 Å². The van der Waals surface area contributed by atoms with Crippen LogP contribution in [0.25, 0.3) is 0 Å². The minimum absolute atomic E-state index is 0.132. The van der Waals surface area contributed by atoms with Gasteiger partial charge in [-0.25, -0.2) is 19.9 Å². The van der Waals surface area contributed by atoms with Gasteiger partial charge in [0.25, 0.3) is 11.8 Å². The Morgan fingerprint density at radius 3 is 1.67 bits per heavy atom. The first-order valence-electron chi connectivity index (χ1n) is 7.88. The van der Waals surface area contributed by atoms with Gasteiger partial charge in [-0.15, -0.1) is 0 Å². The van der Waals surface area contributed by atoms with Crippen LogP contribution in [0.1, 0.15) is 46.7 Å². The molecule has 1 fully saturated rings. The molecule has 0 unspecified atom stereocenters. The zero-order valence-corrected chi connectivity index (χ0v) is 13.1. The molecule has 1 aliphatic carbocycles. The van der Waals surface area contributed by atoms with Crippen molar-refractivity contribution in [2.24, 2.45) is 0 Å². The van der Waals surface area contributed by atoms with E-state index in [4.69, 9.17) is 0 Å². The van der Waals surface area contributed by atoms with Gasteiger partial charge in [-0.1, -0.05) is 12.8 Å². The highest BCUT2D eigenvalue weighted by Crippen LogP contribution is 2.19. The monoisotopic (exact) mass is 326 g/mol. The number of carbonyl (C=O) groups is 2. The quantitative estimate of drug-likeness (QED) is 0.857. The Bertz CT molecular complexity index is 633. The van der Waals surface area contributed by atoms with Gasteiger partial charge in [0.05, 0.1) is 0 Å². The summed E-state index contributed by atoms with van der Waals surface area (Å²) in [6.45, 7) is 0. The van der Waals surface area contributed by atoms with E-state index in [1.54, 1.807) is 12.1 Å². The average Bonchev–Trinajstić information content (AvgIpc) is 2.64. The van der Waals surface area contributed by atoms with Crippen LogP contribution in [0.4, 0.5) is 0 Å². The van der Waals surface area contributed by atoms with E-state index in [1.165, 1.54) is 25.0 Å². The van der Waals surface area contributed by atoms with Crippen molar-refractivity contribution < 1.29 is 9.59 Å². The number of hydrogen-bond acceptors (Lipinski definition) is 6. The predicted molar refractivity (Wildman–Crippen MR) is 85.0 cm³/mol. The first kappa shape index (κ1) is 16.0. The second-order valence-corrected chi connectivity index (χ2v) is 5.63. The fourth-order valence-corrected chi connectivity index (χ4v) is 2.81. The molecule has 0 bridgehead atoms. The van der Waals surface area contributed by atoms with Crippen LogP contribution in [0.3, 0.4) is 0 Å². The molecule has 2 aromatic heterocycles. The molecule has 8 heteroatoms. The van der Waals surface area contributed by atoms with Gasteiger partial charge >= 0.3 is 0 Å². The van der Waals surface area contributed by atoms with Gasteiger partial charge in [0, 0.05) is 24.5 Å². The van der Waals surface area contributed by atoms with Crippen LogP contribution in [0, 0.1) is 0 Å². The molecule has 24 heavy (non-hydrogen) atoms. The normalized spacial score (nSPS) is 20.2. The minimum Gasteiger partial charge on any atom is -0.346 e. The summed E-state index contributed by atoms with van der Waals surface area (Å²) >= 11 is 0. The highest BCUT2D eigenvalue weighted by Gasteiger charge is 2.28. The Morgan fingerprint density at radius 2 is 1.29 bits per heavy atom. The molecule has 2 amide bonds. The molecule has 0 aliphatic heterocycles. The zero-order valence-electron chi connectivity index (χ0n) is 13.1. The van der Waals surface area contributed by atoms with E-state index in [2.05, 4.69) is 30.6 Å². The summed E-state index contributed by atoms with van der Waals surface area (Å²) in [4.78, 5) is 40.1. The number of nitrogens with zero attached hydrogens (tertiary/aromatic N) is 4. The van der Waals surface area contributed by atoms with Crippen molar-refractivity contribution in [2.75, 3.05) is 0 Å². The van der Waals surface area contributed by atoms with Crippen LogP contribution in [-0.2, 0) is 0 Å². The maximum absolute atomic E-state index is 12.3. The molecule has 0 aromatic carbocycles. The van der Waals surface area contributed by atoms with Crippen molar-refractivity contribution in [3.8, 4) is 0 Å². The molecule has 2 aromatic rings. The third-order valence-corrected chi connectivity index (χ3v) is 4.03. The predicted octanol–water partition coefficient (Wildman–Crippen LogP) is 0.738. The van der Waals surface area contributed by atoms with Crippen LogP contribution in [-0.4, -0.2) is 43.8 Å². The molecule has 124 valence electrons. The number of hydrogen-bond donors (Lipinski definition) is 2. The molecule has 1 aliphatic rings. The van der Waals surface area contributed by atoms with Crippen LogP contribution in [0.15, 0.2) is 37.2 Å². The lowest BCUT2D eigenvalue weighted by Gasteiger charge is -2.32. The van der Waals surface area contributed by atoms with Gasteiger partial charge in [0.2, 0.25) is 0 Å². The Labute approximate surface area is 139 Å². The first-order chi connectivity index (χ1) is 11.7. The van der Waals surface area contributed by atoms with Gasteiger partial charge in [-0.3, -0.25) is 9.59 Å². The highest BCUT2D eigenvalue weighted by molar-refractivity contribution is 5.93. The summed E-state index contributed by atoms with van der Waals surface area (Å²) in [6, 6.07) is 2.86. The lowest BCUT2D eigenvalue weighted by Crippen LogP contribution is -2.53. The third-order valence-electron chi connectivity index (χ3n) is 4.03. The summed E-state index contributed by atoms with van der Waals surface area (Å²) in [6.07, 6.45) is 9.36. The lowest BCUT2D eigenvalue weighted by molar-refractivity contribution is 0.0857. The Hall–Kier alpha value is -2.90. The summed E-state index contributed by atoms with van der Waals surface area (Å²) < 4.78 is 0. The molecule has 3 rings (SSSR count). The molecule has 2 heterocycles. The van der Waals surface area contributed by atoms with Crippen molar-refractivity contribution in [3.05, 3.63) is 48.6 Å². The molecular weight excluding hydrogens is 308 g/mol. The highest BCUT2D eigenvalue weighted by atomic mass is 16.2. The molecule has 1 saturated carbocycles. The van der Waals surface area contributed by atoms with Crippen LogP contribution in [0.5, 0.6) is 0 Å². The summed E-state index contributed by atoms with van der Waals surface area (Å²) in [7, 11) is 0. The maximum atomic E-state index is 12.3. The number of nitrogens with one attached hydrogen (secondary N) is 2. The van der Waals surface area contributed by atoms with E-state index >= 15 is 0 Å². The fraction of sp³-hybridized carbons (Fsp3) is 0.375. The summed E-state index contributed by atoms with van der Waals surface area (Å²) in [5.74, 6) is -0.517. The Balaban J connectivity index is 1.65. The molecule has 8 nitrogen and oxygen atoms in total. The summed E-state index contributed by atoms with van der Waals surface area (Å²) in [5, 5.41) is 5.93. The van der Waals surface area contributed by atoms with Gasteiger partial charge in [0.1, 0.15) is 24.0 Å². The minimum atomic E-state index is -0.259. The van der Waals surface area contributed by atoms with Crippen LogP contribution >= 0.6 is 0 Å². The molecular formula is C16H18N6O2. The van der Waals surface area contributed by atoms with E-state index in [9.17, 15) is 9.59 Å². The van der Waals surface area contributed by atoms with Gasteiger partial charge in [-0.2, -0.15) is 0 Å². The topological polar surface area (TPSA) is 110 Å². The third kappa shape index (κ3) is 3.89. The number of amides is 2. The summed E-state index contributed by atoms with van der Waals surface area (Å²) in [5.41, 5.74) is 0.632. The first-order valence-corrected chi connectivity index (χ1v) is 7.88. The number of carbonyl (C=O) groups excluding carboxylic acids is 2. The second-order valence-electron chi connectivity index (χ2n) is 5.63. The van der Waals surface area contributed by atoms with E-state index < -0.39 is 0 Å². The van der Waals surface area contributed by atoms with Crippen molar-refractivity contribution >= 4 is 11.8 Å². The van der Waals surface area contributed by atoms with Gasteiger partial charge in [0.15, 0.2) is 0 Å². The van der Waals surface area contributed by atoms with E-state index in [-0.39, 0.29) is 23.9 Å². The molecule has 0 saturated heterocycles. The van der Waals surface area contributed by atoms with Crippen LogP contribution in [0.2, 0.25) is 0 Å². The smallest absolute Gasteiger partial charge is 0.270 e. The Morgan fingerprint density at radius 1 is 0.833 bits per heavy atom. The standard InChI is InChI=1S/C16H18N6O2/c23-15(13-5-7-17-9-19-13)21-11-3-1-2-4-12(11)22-16(24)14-6-8-18-10-20-14/h5-12H,1-4H2,(H,21,23)(H,22,24)/t11-,12-/m1/s1. The largest absolute Gasteiger partial charge is 0.346 e. The van der Waals surface area contributed by atoms with E-state index in [0.29, 0.717) is 11.4 Å². The van der Waals surface area contributed by atoms with Gasteiger partial charge in [-0.05, 0) is 25.0 Å². The van der Waals surface area contributed by atoms with Crippen molar-refractivity contribution in [1.82, 2.24) is 30.6 Å². The lowest BCUT2D eigenvalue weighted by atomic mass is 9.90. The number of aromatic nitrogens is 4. The maximum Gasteiger partial charge on any atom is 0.270 e. The van der Waals surface area contributed by atoms with Crippen molar-refractivity contribution in [3.63, 3.8) is 0 Å². The van der Waals surface area contributed by atoms with E-state index in [0.717, 1.165) is 25.7 Å². The van der Waals surface area contributed by atoms with E-state index in [1.807, 2.05) is 0 Å². The molecule has 2 N–H and O–H groups in total. The molecule has 2 atom stereocenters. The van der Waals surface area contributed by atoms with Gasteiger partial charge < -0.3 is 10.6 Å². The number of rotatable bonds is 4. The SMILES string of the molecule is O=C(N[C@@H]1CCCC[C@H]1NC(=O)c1ccncn1)c1ccncn1. The molecule has 0 radical (unpaired) electrons. The Kier molecular flexibility index (Phi) is 5.05. The molecule has 0 spiro atoms. The average molecular weight is 326 g/mol. The second kappa shape index (κ2) is 7.58.